The monoisotopic (exact) mass is 741 g/mol. The van der Waals surface area contributed by atoms with E-state index in [1.165, 1.54) is 0 Å². The third-order valence-corrected chi connectivity index (χ3v) is 10.9. The Hall–Kier alpha value is -8.14. The lowest BCUT2D eigenvalue weighted by molar-refractivity contribution is 0.669. The lowest BCUT2D eigenvalue weighted by Crippen LogP contribution is -2.04. The Morgan fingerprint density at radius 1 is 0.397 bits per heavy atom. The Morgan fingerprint density at radius 2 is 0.983 bits per heavy atom. The van der Waals surface area contributed by atoms with Crippen molar-refractivity contribution in [2.45, 2.75) is 0 Å². The lowest BCUT2D eigenvalue weighted by Gasteiger charge is -2.16. The second-order valence-corrected chi connectivity index (χ2v) is 14.3. The van der Waals surface area contributed by atoms with Crippen LogP contribution >= 0.6 is 0 Å². The molecule has 58 heavy (non-hydrogen) atoms. The van der Waals surface area contributed by atoms with Gasteiger partial charge in [-0.25, -0.2) is 15.0 Å². The van der Waals surface area contributed by atoms with E-state index in [4.69, 9.17) is 19.4 Å². The fraction of sp³-hybridized carbons (Fsp3) is 0. The molecule has 6 nitrogen and oxygen atoms in total. The van der Waals surface area contributed by atoms with Gasteiger partial charge in [-0.1, -0.05) is 133 Å². The highest BCUT2D eigenvalue weighted by Gasteiger charge is 2.21. The molecule has 0 aliphatic rings. The van der Waals surface area contributed by atoms with Crippen molar-refractivity contribution in [1.82, 2.24) is 19.5 Å². The maximum absolute atomic E-state index is 9.96. The van der Waals surface area contributed by atoms with Crippen molar-refractivity contribution < 1.29 is 4.42 Å². The molecule has 270 valence electrons. The van der Waals surface area contributed by atoms with Gasteiger partial charge in [0, 0.05) is 38.2 Å². The van der Waals surface area contributed by atoms with E-state index in [2.05, 4.69) is 95.6 Å². The summed E-state index contributed by atoms with van der Waals surface area (Å²) >= 11 is 0. The summed E-state index contributed by atoms with van der Waals surface area (Å²) in [7, 11) is 0. The Kier molecular flexibility index (Phi) is 7.76. The van der Waals surface area contributed by atoms with Crippen molar-refractivity contribution >= 4 is 43.7 Å². The van der Waals surface area contributed by atoms with Crippen LogP contribution in [0, 0.1) is 11.3 Å². The van der Waals surface area contributed by atoms with Crippen LogP contribution in [0.4, 0.5) is 0 Å². The second kappa shape index (κ2) is 13.6. The number of benzene rings is 8. The zero-order valence-corrected chi connectivity index (χ0v) is 31.0. The summed E-state index contributed by atoms with van der Waals surface area (Å²) in [5.41, 5.74) is 11.9. The number of rotatable bonds is 6. The summed E-state index contributed by atoms with van der Waals surface area (Å²) in [5, 5.41) is 14.3. The van der Waals surface area contributed by atoms with Crippen LogP contribution in [0.1, 0.15) is 5.56 Å². The number of furan rings is 1. The molecule has 0 unspecified atom stereocenters. The van der Waals surface area contributed by atoms with E-state index < -0.39 is 0 Å². The Labute approximate surface area is 333 Å². The molecule has 0 saturated carbocycles. The van der Waals surface area contributed by atoms with Crippen LogP contribution in [0.5, 0.6) is 0 Å². The van der Waals surface area contributed by atoms with E-state index >= 15 is 0 Å². The Bertz CT molecular complexity index is 3360. The summed E-state index contributed by atoms with van der Waals surface area (Å²) in [6, 6.07) is 66.3. The molecule has 3 aromatic heterocycles. The molecule has 0 fully saturated rings. The van der Waals surface area contributed by atoms with Gasteiger partial charge in [-0.2, -0.15) is 5.26 Å². The summed E-state index contributed by atoms with van der Waals surface area (Å²) in [4.78, 5) is 15.5. The van der Waals surface area contributed by atoms with Crippen molar-refractivity contribution in [3.63, 3.8) is 0 Å². The van der Waals surface area contributed by atoms with Crippen molar-refractivity contribution in [1.29, 1.82) is 5.26 Å². The van der Waals surface area contributed by atoms with Gasteiger partial charge < -0.3 is 8.98 Å². The summed E-state index contributed by atoms with van der Waals surface area (Å²) in [5.74, 6) is 1.74. The van der Waals surface area contributed by atoms with Gasteiger partial charge in [-0.15, -0.1) is 0 Å². The summed E-state index contributed by atoms with van der Waals surface area (Å²) in [6.07, 6.45) is 0. The average molecular weight is 742 g/mol. The van der Waals surface area contributed by atoms with Crippen molar-refractivity contribution in [3.8, 4) is 68.2 Å². The maximum Gasteiger partial charge on any atom is 0.166 e. The number of para-hydroxylation sites is 2. The SMILES string of the molecule is N#Cc1ccccc1-c1ccc2c(c1)c1ccccc1n2-c1ccc(-c2ccc3c(c2)oc2ccccc23)cc1-c1nc(-c2ccccc2)nc(-c2ccccc2)n1. The fourth-order valence-electron chi connectivity index (χ4n) is 8.16. The van der Waals surface area contributed by atoms with Gasteiger partial charge >= 0.3 is 0 Å². The fourth-order valence-corrected chi connectivity index (χ4v) is 8.16. The average Bonchev–Trinajstić information content (AvgIpc) is 3.84. The van der Waals surface area contributed by atoms with Crippen LogP contribution in [-0.4, -0.2) is 19.5 Å². The molecule has 11 rings (SSSR count). The van der Waals surface area contributed by atoms with Gasteiger partial charge in [0.2, 0.25) is 0 Å². The minimum absolute atomic E-state index is 0.555. The van der Waals surface area contributed by atoms with Gasteiger partial charge in [-0.3, -0.25) is 0 Å². The first-order valence-corrected chi connectivity index (χ1v) is 19.2. The molecule has 0 spiro atoms. The van der Waals surface area contributed by atoms with Crippen LogP contribution in [0.3, 0.4) is 0 Å². The third kappa shape index (κ3) is 5.53. The van der Waals surface area contributed by atoms with E-state index in [9.17, 15) is 5.26 Å². The summed E-state index contributed by atoms with van der Waals surface area (Å²) in [6.45, 7) is 0. The quantitative estimate of drug-likeness (QED) is 0.169. The molecular formula is C52H31N5O. The molecule has 0 saturated heterocycles. The van der Waals surface area contributed by atoms with Crippen LogP contribution in [0.2, 0.25) is 0 Å². The van der Waals surface area contributed by atoms with E-state index in [0.29, 0.717) is 23.0 Å². The molecule has 8 aromatic carbocycles. The number of hydrogen-bond donors (Lipinski definition) is 0. The molecule has 11 aromatic rings. The minimum atomic E-state index is 0.555. The van der Waals surface area contributed by atoms with Crippen LogP contribution in [0.15, 0.2) is 192 Å². The van der Waals surface area contributed by atoms with Crippen molar-refractivity contribution in [2.24, 2.45) is 0 Å². The van der Waals surface area contributed by atoms with Crippen LogP contribution in [0.25, 0.3) is 106 Å². The third-order valence-electron chi connectivity index (χ3n) is 10.9. The van der Waals surface area contributed by atoms with Crippen LogP contribution in [-0.2, 0) is 0 Å². The maximum atomic E-state index is 9.96. The van der Waals surface area contributed by atoms with Crippen molar-refractivity contribution in [3.05, 3.63) is 194 Å². The molecular weight excluding hydrogens is 711 g/mol. The number of fused-ring (bicyclic) bond motifs is 6. The number of nitriles is 1. The van der Waals surface area contributed by atoms with E-state index in [0.717, 1.165) is 88.4 Å². The van der Waals surface area contributed by atoms with E-state index in [1.807, 2.05) is 103 Å². The molecule has 0 aliphatic heterocycles. The molecule has 0 bridgehead atoms. The molecule has 3 heterocycles. The molecule has 0 atom stereocenters. The first-order valence-electron chi connectivity index (χ1n) is 19.2. The predicted octanol–water partition coefficient (Wildman–Crippen LogP) is 13.1. The first-order chi connectivity index (χ1) is 28.7. The molecule has 0 N–H and O–H groups in total. The second-order valence-electron chi connectivity index (χ2n) is 14.3. The topological polar surface area (TPSA) is 80.5 Å². The number of hydrogen-bond acceptors (Lipinski definition) is 5. The Morgan fingerprint density at radius 3 is 1.76 bits per heavy atom. The van der Waals surface area contributed by atoms with Crippen LogP contribution < -0.4 is 0 Å². The Balaban J connectivity index is 1.18. The van der Waals surface area contributed by atoms with E-state index in [1.54, 1.807) is 0 Å². The largest absolute Gasteiger partial charge is 0.456 e. The van der Waals surface area contributed by atoms with Gasteiger partial charge in [0.05, 0.1) is 28.4 Å². The summed E-state index contributed by atoms with van der Waals surface area (Å²) < 4.78 is 8.65. The van der Waals surface area contributed by atoms with E-state index in [-0.39, 0.29) is 0 Å². The predicted molar refractivity (Wildman–Crippen MR) is 233 cm³/mol. The minimum Gasteiger partial charge on any atom is -0.456 e. The highest BCUT2D eigenvalue weighted by atomic mass is 16.3. The van der Waals surface area contributed by atoms with Gasteiger partial charge in [0.15, 0.2) is 17.5 Å². The number of nitrogens with zero attached hydrogens (tertiary/aromatic N) is 5. The molecule has 0 aliphatic carbocycles. The van der Waals surface area contributed by atoms with Gasteiger partial charge in [0.1, 0.15) is 11.2 Å². The highest BCUT2D eigenvalue weighted by molar-refractivity contribution is 6.11. The zero-order valence-electron chi connectivity index (χ0n) is 31.0. The molecule has 0 amide bonds. The lowest BCUT2D eigenvalue weighted by atomic mass is 9.98. The molecule has 0 radical (unpaired) electrons. The normalized spacial score (nSPS) is 11.4. The van der Waals surface area contributed by atoms with Crippen molar-refractivity contribution in [2.75, 3.05) is 0 Å². The first kappa shape index (κ1) is 33.2. The number of aromatic nitrogens is 4. The van der Waals surface area contributed by atoms with Gasteiger partial charge in [0.25, 0.3) is 0 Å². The smallest absolute Gasteiger partial charge is 0.166 e. The van der Waals surface area contributed by atoms with Gasteiger partial charge in [-0.05, 0) is 76.9 Å². The highest BCUT2D eigenvalue weighted by Crippen LogP contribution is 2.41. The zero-order chi connectivity index (χ0) is 38.6. The molecule has 6 heteroatoms. The standard InChI is InChI=1S/C52H31N5O/c53-32-38-17-7-8-18-39(38)37-25-28-46-43(30-37)40-19-9-11-21-45(40)57(46)47-27-24-35(36-23-26-42-41-20-10-12-22-48(41)58-49(42)31-36)29-44(47)52-55-50(33-13-3-1-4-14-33)54-51(56-52)34-15-5-2-6-16-34/h1-31H.